The third kappa shape index (κ3) is 4.44. The highest BCUT2D eigenvalue weighted by molar-refractivity contribution is 6.30. The number of carbonyl (C=O) groups is 2. The maximum Gasteiger partial charge on any atom is 0.334 e. The third-order valence-electron chi connectivity index (χ3n) is 3.26. The molecule has 1 rings (SSSR count). The molecule has 21 heavy (non-hydrogen) atoms. The van der Waals surface area contributed by atoms with Crippen molar-refractivity contribution in [2.24, 2.45) is 0 Å². The van der Waals surface area contributed by atoms with Crippen LogP contribution in [-0.4, -0.2) is 30.2 Å². The first kappa shape index (κ1) is 17.5. The lowest BCUT2D eigenvalue weighted by atomic mass is 9.87. The Labute approximate surface area is 129 Å². The van der Waals surface area contributed by atoms with Crippen LogP contribution in [0, 0.1) is 0 Å². The van der Waals surface area contributed by atoms with Gasteiger partial charge in [-0.25, -0.2) is 4.79 Å². The summed E-state index contributed by atoms with van der Waals surface area (Å²) in [7, 11) is 0. The van der Waals surface area contributed by atoms with E-state index in [9.17, 15) is 14.7 Å². The minimum absolute atomic E-state index is 0.121. The molecule has 0 aliphatic heterocycles. The van der Waals surface area contributed by atoms with E-state index in [4.69, 9.17) is 16.3 Å². The molecule has 0 aliphatic carbocycles. The number of nitrogens with one attached hydrogen (secondary N) is 1. The van der Waals surface area contributed by atoms with Gasteiger partial charge in [0.2, 0.25) is 5.91 Å². The van der Waals surface area contributed by atoms with Crippen molar-refractivity contribution in [3.8, 4) is 0 Å². The minimum Gasteiger partial charge on any atom is -0.479 e. The van der Waals surface area contributed by atoms with Gasteiger partial charge in [0, 0.05) is 18.1 Å². The van der Waals surface area contributed by atoms with Gasteiger partial charge < -0.3 is 15.2 Å². The first-order chi connectivity index (χ1) is 9.96. The summed E-state index contributed by atoms with van der Waals surface area (Å²) in [6.07, 6.45) is 0.348. The molecule has 0 spiro atoms. The number of carbonyl (C=O) groups excluding carboxylic acids is 1. The predicted molar refractivity (Wildman–Crippen MR) is 80.3 cm³/mol. The van der Waals surface area contributed by atoms with Gasteiger partial charge in [-0.3, -0.25) is 4.79 Å². The van der Waals surface area contributed by atoms with Crippen LogP contribution in [-0.2, 0) is 19.9 Å². The van der Waals surface area contributed by atoms with E-state index in [1.165, 1.54) is 0 Å². The number of hydrogen-bond donors (Lipinski definition) is 2. The quantitative estimate of drug-likeness (QED) is 0.723. The van der Waals surface area contributed by atoms with Crippen LogP contribution in [0.4, 0.5) is 0 Å². The first-order valence-corrected chi connectivity index (χ1v) is 7.22. The normalized spacial score (nSPS) is 13.5. The van der Waals surface area contributed by atoms with E-state index < -0.39 is 11.5 Å². The fourth-order valence-electron chi connectivity index (χ4n) is 2.04. The van der Waals surface area contributed by atoms with Crippen molar-refractivity contribution in [3.05, 3.63) is 34.9 Å². The molecule has 1 aromatic carbocycles. The van der Waals surface area contributed by atoms with Crippen molar-refractivity contribution in [2.75, 3.05) is 13.2 Å². The summed E-state index contributed by atoms with van der Waals surface area (Å²) >= 11 is 5.82. The topological polar surface area (TPSA) is 75.6 Å². The van der Waals surface area contributed by atoms with E-state index in [-0.39, 0.29) is 25.4 Å². The van der Waals surface area contributed by atoms with Crippen molar-refractivity contribution < 1.29 is 19.4 Å². The number of carboxylic acids is 1. The van der Waals surface area contributed by atoms with Crippen LogP contribution in [0.3, 0.4) is 0 Å². The minimum atomic E-state index is -1.45. The summed E-state index contributed by atoms with van der Waals surface area (Å²) in [6.45, 7) is 4.33. The molecule has 5 nitrogen and oxygen atoms in total. The van der Waals surface area contributed by atoms with Gasteiger partial charge >= 0.3 is 5.97 Å². The van der Waals surface area contributed by atoms with Crippen LogP contribution in [0.25, 0.3) is 0 Å². The summed E-state index contributed by atoms with van der Waals surface area (Å²) in [6, 6.07) is 6.44. The zero-order valence-electron chi connectivity index (χ0n) is 12.2. The van der Waals surface area contributed by atoms with Gasteiger partial charge in [-0.05, 0) is 31.0 Å². The lowest BCUT2D eigenvalue weighted by molar-refractivity contribution is -0.148. The molecule has 0 heterocycles. The standard InChI is InChI=1S/C15H20ClNO4/c1-3-15(14(19)20,11-5-7-12(16)8-6-11)17-13(18)9-10-21-4-2/h5-8H,3-4,9-10H2,1-2H3,(H,17,18)(H,19,20). The Kier molecular flexibility index (Phi) is 6.65. The highest BCUT2D eigenvalue weighted by Gasteiger charge is 2.40. The molecule has 2 N–H and O–H groups in total. The molecular formula is C15H20ClNO4. The zero-order valence-corrected chi connectivity index (χ0v) is 12.9. The Hall–Kier alpha value is -1.59. The van der Waals surface area contributed by atoms with Gasteiger partial charge in [0.25, 0.3) is 0 Å². The van der Waals surface area contributed by atoms with Crippen molar-refractivity contribution in [1.82, 2.24) is 5.32 Å². The van der Waals surface area contributed by atoms with Crippen LogP contribution in [0.15, 0.2) is 24.3 Å². The molecular weight excluding hydrogens is 294 g/mol. The number of carboxylic acid groups (broad SMARTS) is 1. The van der Waals surface area contributed by atoms with Gasteiger partial charge in [0.1, 0.15) is 0 Å². The molecule has 1 amide bonds. The lowest BCUT2D eigenvalue weighted by Crippen LogP contribution is -2.51. The second-order valence-corrected chi connectivity index (χ2v) is 5.00. The summed E-state index contributed by atoms with van der Waals surface area (Å²) < 4.78 is 5.11. The van der Waals surface area contributed by atoms with Gasteiger partial charge in [-0.15, -0.1) is 0 Å². The Morgan fingerprint density at radius 3 is 2.38 bits per heavy atom. The van der Waals surface area contributed by atoms with E-state index in [2.05, 4.69) is 5.32 Å². The number of amides is 1. The molecule has 0 fully saturated rings. The number of ether oxygens (including phenoxy) is 1. The SMILES string of the molecule is CCOCCC(=O)NC(CC)(C(=O)O)c1ccc(Cl)cc1. The monoisotopic (exact) mass is 313 g/mol. The molecule has 0 saturated heterocycles. The fourth-order valence-corrected chi connectivity index (χ4v) is 2.16. The first-order valence-electron chi connectivity index (χ1n) is 6.84. The number of hydrogen-bond acceptors (Lipinski definition) is 3. The summed E-state index contributed by atoms with van der Waals surface area (Å²) in [5.41, 5.74) is -0.958. The zero-order chi connectivity index (χ0) is 15.9. The number of aliphatic carboxylic acids is 1. The van der Waals surface area contributed by atoms with Crippen molar-refractivity contribution in [3.63, 3.8) is 0 Å². The largest absolute Gasteiger partial charge is 0.479 e. The van der Waals surface area contributed by atoms with Crippen LogP contribution >= 0.6 is 11.6 Å². The smallest absolute Gasteiger partial charge is 0.334 e. The van der Waals surface area contributed by atoms with Crippen molar-refractivity contribution in [1.29, 1.82) is 0 Å². The number of benzene rings is 1. The van der Waals surface area contributed by atoms with E-state index >= 15 is 0 Å². The van der Waals surface area contributed by atoms with E-state index in [1.54, 1.807) is 31.2 Å². The van der Waals surface area contributed by atoms with Gasteiger partial charge in [-0.1, -0.05) is 30.7 Å². The second-order valence-electron chi connectivity index (χ2n) is 4.57. The van der Waals surface area contributed by atoms with Crippen LogP contribution in [0.5, 0.6) is 0 Å². The van der Waals surface area contributed by atoms with Gasteiger partial charge in [0.15, 0.2) is 5.54 Å². The van der Waals surface area contributed by atoms with E-state index in [1.807, 2.05) is 6.92 Å². The fraction of sp³-hybridized carbons (Fsp3) is 0.467. The van der Waals surface area contributed by atoms with Gasteiger partial charge in [-0.2, -0.15) is 0 Å². The van der Waals surface area contributed by atoms with Crippen molar-refractivity contribution >= 4 is 23.5 Å². The Balaban J connectivity index is 2.96. The lowest BCUT2D eigenvalue weighted by Gasteiger charge is -2.30. The summed E-state index contributed by atoms with van der Waals surface area (Å²) in [4.78, 5) is 23.7. The highest BCUT2D eigenvalue weighted by atomic mass is 35.5. The summed E-state index contributed by atoms with van der Waals surface area (Å²) in [5, 5.41) is 12.7. The molecule has 1 aromatic rings. The average Bonchev–Trinajstić information content (AvgIpc) is 2.45. The molecule has 1 unspecified atom stereocenters. The molecule has 0 radical (unpaired) electrons. The Bertz CT molecular complexity index is 489. The third-order valence-corrected chi connectivity index (χ3v) is 3.51. The highest BCUT2D eigenvalue weighted by Crippen LogP contribution is 2.27. The molecule has 116 valence electrons. The number of rotatable bonds is 8. The maximum absolute atomic E-state index is 12.0. The summed E-state index contributed by atoms with van der Waals surface area (Å²) in [5.74, 6) is -1.46. The van der Waals surface area contributed by atoms with Crippen LogP contribution in [0.2, 0.25) is 5.02 Å². The Morgan fingerprint density at radius 1 is 1.29 bits per heavy atom. The van der Waals surface area contributed by atoms with Gasteiger partial charge in [0.05, 0.1) is 6.61 Å². The van der Waals surface area contributed by atoms with E-state index in [0.29, 0.717) is 17.2 Å². The Morgan fingerprint density at radius 2 is 1.90 bits per heavy atom. The molecule has 1 atom stereocenters. The van der Waals surface area contributed by atoms with Crippen LogP contribution < -0.4 is 5.32 Å². The average molecular weight is 314 g/mol. The second kappa shape index (κ2) is 8.00. The predicted octanol–water partition coefficient (Wildman–Crippen LogP) is 2.57. The van der Waals surface area contributed by atoms with E-state index in [0.717, 1.165) is 0 Å². The molecule has 0 aliphatic rings. The maximum atomic E-state index is 12.0. The molecule has 0 aromatic heterocycles. The molecule has 0 bridgehead atoms. The number of halogens is 1. The molecule has 0 saturated carbocycles. The van der Waals surface area contributed by atoms with Crippen molar-refractivity contribution in [2.45, 2.75) is 32.2 Å². The molecule has 6 heteroatoms. The van der Waals surface area contributed by atoms with Crippen LogP contribution in [0.1, 0.15) is 32.3 Å².